The number of ether oxygens (including phenoxy) is 1. The van der Waals surface area contributed by atoms with E-state index in [4.69, 9.17) is 4.74 Å². The normalized spacial score (nSPS) is 20.0. The van der Waals surface area contributed by atoms with E-state index in [1.807, 2.05) is 36.1 Å². The van der Waals surface area contributed by atoms with Gasteiger partial charge >= 0.3 is 6.03 Å². The molecule has 5 heteroatoms. The second-order valence-corrected chi connectivity index (χ2v) is 6.70. The topological polar surface area (TPSA) is 44.8 Å². The van der Waals surface area contributed by atoms with Gasteiger partial charge in [0.05, 0.1) is 6.61 Å². The summed E-state index contributed by atoms with van der Waals surface area (Å²) in [4.78, 5) is 17.0. The molecule has 2 amide bonds. The van der Waals surface area contributed by atoms with Gasteiger partial charge in [0.15, 0.2) is 0 Å². The minimum Gasteiger partial charge on any atom is -0.494 e. The van der Waals surface area contributed by atoms with Crippen LogP contribution in [0.5, 0.6) is 5.75 Å². The molecule has 1 N–H and O–H groups in total. The molecule has 0 saturated carbocycles. The molecular weight excluding hydrogens is 302 g/mol. The Bertz CT molecular complexity index is 518. The van der Waals surface area contributed by atoms with Gasteiger partial charge in [-0.25, -0.2) is 4.79 Å². The maximum atomic E-state index is 12.4. The standard InChI is InChI=1S/C19H29N3O2/c1-2-24-18-8-6-16(7-9-18)20-19(23)22-14-10-17(11-15-22)21-12-4-3-5-13-21/h6-9,17H,2-5,10-15H2,1H3,(H,20,23). The molecule has 1 aromatic carbocycles. The molecule has 2 fully saturated rings. The van der Waals surface area contributed by atoms with E-state index in [1.54, 1.807) is 0 Å². The molecule has 0 radical (unpaired) electrons. The van der Waals surface area contributed by atoms with Crippen LogP contribution in [-0.2, 0) is 0 Å². The lowest BCUT2D eigenvalue weighted by Gasteiger charge is -2.40. The zero-order valence-electron chi connectivity index (χ0n) is 14.7. The highest BCUT2D eigenvalue weighted by molar-refractivity contribution is 5.89. The Balaban J connectivity index is 1.46. The number of nitrogens with one attached hydrogen (secondary N) is 1. The summed E-state index contributed by atoms with van der Waals surface area (Å²) in [5.74, 6) is 0.831. The third-order valence-electron chi connectivity index (χ3n) is 5.08. The van der Waals surface area contributed by atoms with Crippen molar-refractivity contribution in [3.63, 3.8) is 0 Å². The van der Waals surface area contributed by atoms with Gasteiger partial charge in [-0.2, -0.15) is 0 Å². The average molecular weight is 331 g/mol. The fraction of sp³-hybridized carbons (Fsp3) is 0.632. The largest absolute Gasteiger partial charge is 0.494 e. The highest BCUT2D eigenvalue weighted by atomic mass is 16.5. The number of hydrogen-bond donors (Lipinski definition) is 1. The Labute approximate surface area is 145 Å². The van der Waals surface area contributed by atoms with Crippen LogP contribution in [0, 0.1) is 0 Å². The highest BCUT2D eigenvalue weighted by Gasteiger charge is 2.27. The van der Waals surface area contributed by atoms with E-state index in [9.17, 15) is 4.79 Å². The van der Waals surface area contributed by atoms with Crippen molar-refractivity contribution in [1.29, 1.82) is 0 Å². The molecule has 3 rings (SSSR count). The Morgan fingerprint density at radius 1 is 1.08 bits per heavy atom. The molecule has 0 unspecified atom stereocenters. The van der Waals surface area contributed by atoms with Gasteiger partial charge in [-0.1, -0.05) is 6.42 Å². The van der Waals surface area contributed by atoms with E-state index in [2.05, 4.69) is 10.2 Å². The fourth-order valence-electron chi connectivity index (χ4n) is 3.72. The predicted octanol–water partition coefficient (Wildman–Crippen LogP) is 3.57. The molecular formula is C19H29N3O2. The second-order valence-electron chi connectivity index (χ2n) is 6.70. The number of amides is 2. The molecule has 5 nitrogen and oxygen atoms in total. The van der Waals surface area contributed by atoms with Crippen molar-refractivity contribution in [1.82, 2.24) is 9.80 Å². The highest BCUT2D eigenvalue weighted by Crippen LogP contribution is 2.22. The van der Waals surface area contributed by atoms with Crippen LogP contribution in [-0.4, -0.2) is 54.7 Å². The molecule has 2 saturated heterocycles. The SMILES string of the molecule is CCOc1ccc(NC(=O)N2CCC(N3CCCCC3)CC2)cc1. The zero-order chi connectivity index (χ0) is 16.8. The van der Waals surface area contributed by atoms with Crippen molar-refractivity contribution in [3.8, 4) is 5.75 Å². The van der Waals surface area contributed by atoms with E-state index >= 15 is 0 Å². The minimum absolute atomic E-state index is 0.0104. The number of nitrogens with zero attached hydrogens (tertiary/aromatic N) is 2. The van der Waals surface area contributed by atoms with E-state index in [-0.39, 0.29) is 6.03 Å². The first-order valence-corrected chi connectivity index (χ1v) is 9.29. The molecule has 0 aromatic heterocycles. The lowest BCUT2D eigenvalue weighted by atomic mass is 10.0. The number of benzene rings is 1. The first-order valence-electron chi connectivity index (χ1n) is 9.29. The summed E-state index contributed by atoms with van der Waals surface area (Å²) in [5.41, 5.74) is 0.821. The Morgan fingerprint density at radius 3 is 2.38 bits per heavy atom. The van der Waals surface area contributed by atoms with Gasteiger partial charge in [0.25, 0.3) is 0 Å². The fourth-order valence-corrected chi connectivity index (χ4v) is 3.72. The molecule has 0 spiro atoms. The van der Waals surface area contributed by atoms with Crippen molar-refractivity contribution in [2.24, 2.45) is 0 Å². The first kappa shape index (κ1) is 17.1. The van der Waals surface area contributed by atoms with Gasteiger partial charge in [-0.15, -0.1) is 0 Å². The summed E-state index contributed by atoms with van der Waals surface area (Å²) in [6.07, 6.45) is 6.23. The Kier molecular flexibility index (Phi) is 5.96. The van der Waals surface area contributed by atoms with Crippen LogP contribution in [0.25, 0.3) is 0 Å². The zero-order valence-corrected chi connectivity index (χ0v) is 14.7. The van der Waals surface area contributed by atoms with E-state index in [0.29, 0.717) is 12.6 Å². The monoisotopic (exact) mass is 331 g/mol. The average Bonchev–Trinajstić information content (AvgIpc) is 2.64. The predicted molar refractivity (Wildman–Crippen MR) is 96.6 cm³/mol. The van der Waals surface area contributed by atoms with Crippen LogP contribution in [0.1, 0.15) is 39.0 Å². The maximum absolute atomic E-state index is 12.4. The summed E-state index contributed by atoms with van der Waals surface area (Å²) < 4.78 is 5.42. The summed E-state index contributed by atoms with van der Waals surface area (Å²) in [6.45, 7) is 6.79. The maximum Gasteiger partial charge on any atom is 0.321 e. The Morgan fingerprint density at radius 2 is 1.75 bits per heavy atom. The Hall–Kier alpha value is -1.75. The van der Waals surface area contributed by atoms with Gasteiger partial charge in [0.1, 0.15) is 5.75 Å². The summed E-state index contributed by atoms with van der Waals surface area (Å²) in [5, 5.41) is 2.99. The van der Waals surface area contributed by atoms with Crippen molar-refractivity contribution in [3.05, 3.63) is 24.3 Å². The van der Waals surface area contributed by atoms with E-state index in [1.165, 1.54) is 32.4 Å². The van der Waals surface area contributed by atoms with Crippen molar-refractivity contribution in [2.75, 3.05) is 38.1 Å². The van der Waals surface area contributed by atoms with Crippen molar-refractivity contribution in [2.45, 2.75) is 45.1 Å². The number of likely N-dealkylation sites (tertiary alicyclic amines) is 2. The number of carbonyl (C=O) groups excluding carboxylic acids is 1. The summed E-state index contributed by atoms with van der Waals surface area (Å²) in [6, 6.07) is 8.24. The van der Waals surface area contributed by atoms with Crippen LogP contribution < -0.4 is 10.1 Å². The van der Waals surface area contributed by atoms with Crippen molar-refractivity contribution >= 4 is 11.7 Å². The van der Waals surface area contributed by atoms with E-state index in [0.717, 1.165) is 37.4 Å². The molecule has 2 aliphatic rings. The third-order valence-corrected chi connectivity index (χ3v) is 5.08. The molecule has 2 aliphatic heterocycles. The van der Waals surface area contributed by atoms with Crippen LogP contribution >= 0.6 is 0 Å². The number of rotatable bonds is 4. The van der Waals surface area contributed by atoms with Gasteiger partial charge in [-0.3, -0.25) is 0 Å². The third kappa shape index (κ3) is 4.41. The molecule has 0 atom stereocenters. The molecule has 24 heavy (non-hydrogen) atoms. The molecule has 0 aliphatic carbocycles. The molecule has 132 valence electrons. The van der Waals surface area contributed by atoms with Crippen LogP contribution in [0.3, 0.4) is 0 Å². The number of piperidine rings is 2. The van der Waals surface area contributed by atoms with Crippen molar-refractivity contribution < 1.29 is 9.53 Å². The first-order chi connectivity index (χ1) is 11.8. The van der Waals surface area contributed by atoms with Crippen LogP contribution in [0.15, 0.2) is 24.3 Å². The number of anilines is 1. The van der Waals surface area contributed by atoms with Crippen LogP contribution in [0.4, 0.5) is 10.5 Å². The molecule has 1 aromatic rings. The van der Waals surface area contributed by atoms with Gasteiger partial charge in [0.2, 0.25) is 0 Å². The smallest absolute Gasteiger partial charge is 0.321 e. The van der Waals surface area contributed by atoms with Gasteiger partial charge in [-0.05, 0) is 70.0 Å². The van der Waals surface area contributed by atoms with Gasteiger partial charge < -0.3 is 19.9 Å². The number of hydrogen-bond acceptors (Lipinski definition) is 3. The summed E-state index contributed by atoms with van der Waals surface area (Å²) in [7, 11) is 0. The number of carbonyl (C=O) groups is 1. The second kappa shape index (κ2) is 8.38. The molecule has 0 bridgehead atoms. The van der Waals surface area contributed by atoms with Crippen LogP contribution in [0.2, 0.25) is 0 Å². The molecule has 2 heterocycles. The summed E-state index contributed by atoms with van der Waals surface area (Å²) >= 11 is 0. The quantitative estimate of drug-likeness (QED) is 0.917. The number of urea groups is 1. The lowest BCUT2D eigenvalue weighted by molar-refractivity contribution is 0.104. The lowest BCUT2D eigenvalue weighted by Crippen LogP contribution is -2.49. The van der Waals surface area contributed by atoms with E-state index < -0.39 is 0 Å². The van der Waals surface area contributed by atoms with Gasteiger partial charge in [0, 0.05) is 24.8 Å². The minimum atomic E-state index is 0.0104.